The molecule has 3 nitrogen and oxygen atoms in total. The molecule has 1 atom stereocenters. The Kier molecular flexibility index (Phi) is 4.47. The van der Waals surface area contributed by atoms with E-state index >= 15 is 0 Å². The van der Waals surface area contributed by atoms with Gasteiger partial charge in [-0.2, -0.15) is 0 Å². The number of ether oxygens (including phenoxy) is 1. The second-order valence-electron chi connectivity index (χ2n) is 6.28. The molecule has 3 heteroatoms. The van der Waals surface area contributed by atoms with Crippen molar-refractivity contribution in [2.45, 2.75) is 58.0 Å². The minimum Gasteiger partial charge on any atom is -0.481 e. The highest BCUT2D eigenvalue weighted by molar-refractivity contribution is 5.81. The van der Waals surface area contributed by atoms with E-state index in [1.54, 1.807) is 0 Å². The number of likely N-dealkylation sites (tertiary alicyclic amines) is 1. The first-order chi connectivity index (χ1) is 10.2. The topological polar surface area (TPSA) is 29.5 Å². The number of rotatable bonds is 3. The lowest BCUT2D eigenvalue weighted by Gasteiger charge is -2.29. The predicted octanol–water partition coefficient (Wildman–Crippen LogP) is 3.35. The van der Waals surface area contributed by atoms with Crippen LogP contribution in [-0.2, 0) is 17.6 Å². The van der Waals surface area contributed by atoms with Crippen LogP contribution in [0.5, 0.6) is 5.75 Å². The summed E-state index contributed by atoms with van der Waals surface area (Å²) in [4.78, 5) is 14.3. The van der Waals surface area contributed by atoms with Crippen LogP contribution >= 0.6 is 0 Å². The summed E-state index contributed by atoms with van der Waals surface area (Å²) in [5.41, 5.74) is 2.85. The van der Waals surface area contributed by atoms with Crippen molar-refractivity contribution in [3.8, 4) is 5.75 Å². The first kappa shape index (κ1) is 14.4. The van der Waals surface area contributed by atoms with Gasteiger partial charge in [-0.15, -0.1) is 0 Å². The molecule has 114 valence electrons. The Hall–Kier alpha value is -1.51. The van der Waals surface area contributed by atoms with Crippen LogP contribution in [0.15, 0.2) is 18.2 Å². The molecule has 1 fully saturated rings. The van der Waals surface area contributed by atoms with Crippen LogP contribution in [-0.4, -0.2) is 30.0 Å². The summed E-state index contributed by atoms with van der Waals surface area (Å²) in [5.74, 6) is 0.973. The van der Waals surface area contributed by atoms with Gasteiger partial charge in [0, 0.05) is 13.1 Å². The van der Waals surface area contributed by atoms with Gasteiger partial charge in [0.15, 0.2) is 6.10 Å². The first-order valence-electron chi connectivity index (χ1n) is 8.31. The maximum Gasteiger partial charge on any atom is 0.263 e. The van der Waals surface area contributed by atoms with Gasteiger partial charge >= 0.3 is 0 Å². The van der Waals surface area contributed by atoms with Crippen LogP contribution in [0.25, 0.3) is 0 Å². The number of hydrogen-bond donors (Lipinski definition) is 0. The monoisotopic (exact) mass is 287 g/mol. The predicted molar refractivity (Wildman–Crippen MR) is 83.6 cm³/mol. The third-order valence-electron chi connectivity index (χ3n) is 4.65. The van der Waals surface area contributed by atoms with E-state index in [2.05, 4.69) is 12.1 Å². The minimum atomic E-state index is -0.384. The Balaban J connectivity index is 1.63. The Bertz CT molecular complexity index is 506. The molecule has 1 aliphatic carbocycles. The molecule has 1 aromatic rings. The highest BCUT2D eigenvalue weighted by Gasteiger charge is 2.23. The summed E-state index contributed by atoms with van der Waals surface area (Å²) < 4.78 is 5.90. The summed E-state index contributed by atoms with van der Waals surface area (Å²) in [5, 5.41) is 0. The smallest absolute Gasteiger partial charge is 0.263 e. The molecule has 0 N–H and O–H groups in total. The summed E-state index contributed by atoms with van der Waals surface area (Å²) in [6, 6.07) is 6.32. The van der Waals surface area contributed by atoms with Gasteiger partial charge in [-0.25, -0.2) is 0 Å². The van der Waals surface area contributed by atoms with Crippen molar-refractivity contribution in [2.24, 2.45) is 0 Å². The molecule has 1 amide bonds. The third kappa shape index (κ3) is 3.39. The zero-order valence-corrected chi connectivity index (χ0v) is 12.9. The molecular formula is C18H25NO2. The van der Waals surface area contributed by atoms with E-state index in [0.717, 1.165) is 38.1 Å². The molecule has 21 heavy (non-hydrogen) atoms. The van der Waals surface area contributed by atoms with Gasteiger partial charge in [-0.05, 0) is 75.1 Å². The van der Waals surface area contributed by atoms with Gasteiger partial charge in [0.2, 0.25) is 0 Å². The van der Waals surface area contributed by atoms with E-state index in [-0.39, 0.29) is 12.0 Å². The molecule has 0 saturated carbocycles. The number of fused-ring (bicyclic) bond motifs is 1. The molecule has 1 saturated heterocycles. The van der Waals surface area contributed by atoms with Gasteiger partial charge in [-0.1, -0.05) is 6.07 Å². The largest absolute Gasteiger partial charge is 0.481 e. The van der Waals surface area contributed by atoms with E-state index in [1.807, 2.05) is 17.9 Å². The summed E-state index contributed by atoms with van der Waals surface area (Å²) in [6.07, 6.45) is 7.97. The second-order valence-corrected chi connectivity index (χ2v) is 6.28. The van der Waals surface area contributed by atoms with Crippen molar-refractivity contribution in [1.82, 2.24) is 4.90 Å². The second kappa shape index (κ2) is 6.50. The molecular weight excluding hydrogens is 262 g/mol. The van der Waals surface area contributed by atoms with E-state index < -0.39 is 0 Å². The van der Waals surface area contributed by atoms with Crippen LogP contribution in [0.2, 0.25) is 0 Å². The lowest BCUT2D eigenvalue weighted by atomic mass is 9.92. The van der Waals surface area contributed by atoms with Crippen LogP contribution < -0.4 is 4.74 Å². The number of hydrogen-bond acceptors (Lipinski definition) is 2. The van der Waals surface area contributed by atoms with E-state index in [0.29, 0.717) is 0 Å². The number of carbonyl (C=O) groups is 1. The number of amides is 1. The molecule has 0 spiro atoms. The minimum absolute atomic E-state index is 0.132. The van der Waals surface area contributed by atoms with Crippen LogP contribution in [0.1, 0.15) is 50.2 Å². The summed E-state index contributed by atoms with van der Waals surface area (Å²) >= 11 is 0. The van der Waals surface area contributed by atoms with Gasteiger partial charge in [-0.3, -0.25) is 4.79 Å². The van der Waals surface area contributed by atoms with Crippen molar-refractivity contribution in [1.29, 1.82) is 0 Å². The number of carbonyl (C=O) groups excluding carboxylic acids is 1. The molecule has 0 unspecified atom stereocenters. The van der Waals surface area contributed by atoms with E-state index in [4.69, 9.17) is 4.74 Å². The Morgan fingerprint density at radius 3 is 2.52 bits per heavy atom. The van der Waals surface area contributed by atoms with Crippen molar-refractivity contribution < 1.29 is 9.53 Å². The molecule has 3 rings (SSSR count). The molecule has 1 heterocycles. The molecule has 0 bridgehead atoms. The molecule has 0 radical (unpaired) electrons. The SMILES string of the molecule is C[C@@H](Oc1ccc2c(c1)CCCC2)C(=O)N1CCCCC1. The Morgan fingerprint density at radius 1 is 1.05 bits per heavy atom. The molecule has 0 aromatic heterocycles. The number of benzene rings is 1. The zero-order valence-electron chi connectivity index (χ0n) is 12.9. The maximum atomic E-state index is 12.4. The van der Waals surface area contributed by atoms with Crippen molar-refractivity contribution in [2.75, 3.05) is 13.1 Å². The highest BCUT2D eigenvalue weighted by Crippen LogP contribution is 2.26. The average molecular weight is 287 g/mol. The van der Waals surface area contributed by atoms with Crippen LogP contribution in [0, 0.1) is 0 Å². The number of aryl methyl sites for hydroxylation is 2. The molecule has 1 aromatic carbocycles. The van der Waals surface area contributed by atoms with E-state index in [9.17, 15) is 4.79 Å². The third-order valence-corrected chi connectivity index (χ3v) is 4.65. The lowest BCUT2D eigenvalue weighted by Crippen LogP contribution is -2.43. The lowest BCUT2D eigenvalue weighted by molar-refractivity contribution is -0.138. The fourth-order valence-corrected chi connectivity index (χ4v) is 3.41. The zero-order chi connectivity index (χ0) is 14.7. The molecule has 2 aliphatic rings. The number of nitrogens with zero attached hydrogens (tertiary/aromatic N) is 1. The van der Waals surface area contributed by atoms with Gasteiger partial charge in [0.1, 0.15) is 5.75 Å². The van der Waals surface area contributed by atoms with Gasteiger partial charge in [0.25, 0.3) is 5.91 Å². The standard InChI is InChI=1S/C18H25NO2/c1-14(18(20)19-11-5-2-6-12-19)21-17-10-9-15-7-3-4-8-16(15)13-17/h9-10,13-14H,2-8,11-12H2,1H3/t14-/m1/s1. The summed E-state index contributed by atoms with van der Waals surface area (Å²) in [7, 11) is 0. The number of piperidine rings is 1. The van der Waals surface area contributed by atoms with Crippen molar-refractivity contribution in [3.05, 3.63) is 29.3 Å². The Labute approximate surface area is 127 Å². The maximum absolute atomic E-state index is 12.4. The van der Waals surface area contributed by atoms with Gasteiger partial charge < -0.3 is 9.64 Å². The van der Waals surface area contributed by atoms with Gasteiger partial charge in [0.05, 0.1) is 0 Å². The highest BCUT2D eigenvalue weighted by atomic mass is 16.5. The normalized spacial score (nSPS) is 19.8. The quantitative estimate of drug-likeness (QED) is 0.853. The first-order valence-corrected chi connectivity index (χ1v) is 8.31. The van der Waals surface area contributed by atoms with Crippen molar-refractivity contribution >= 4 is 5.91 Å². The average Bonchev–Trinajstić information content (AvgIpc) is 2.55. The van der Waals surface area contributed by atoms with E-state index in [1.165, 1.54) is 36.8 Å². The Morgan fingerprint density at radius 2 is 1.76 bits per heavy atom. The fourth-order valence-electron chi connectivity index (χ4n) is 3.41. The van der Waals surface area contributed by atoms with Crippen LogP contribution in [0.4, 0.5) is 0 Å². The molecule has 1 aliphatic heterocycles. The van der Waals surface area contributed by atoms with Crippen LogP contribution in [0.3, 0.4) is 0 Å². The van der Waals surface area contributed by atoms with Crippen molar-refractivity contribution in [3.63, 3.8) is 0 Å². The fraction of sp³-hybridized carbons (Fsp3) is 0.611. The summed E-state index contributed by atoms with van der Waals surface area (Å²) in [6.45, 7) is 3.64.